The van der Waals surface area contributed by atoms with Crippen LogP contribution < -0.4 is 5.32 Å². The molecular weight excluding hydrogens is 377 g/mol. The molecule has 3 aromatic carbocycles. The van der Waals surface area contributed by atoms with Gasteiger partial charge in [0, 0.05) is 11.4 Å². The summed E-state index contributed by atoms with van der Waals surface area (Å²) >= 11 is 1.37. The van der Waals surface area contributed by atoms with E-state index in [0.29, 0.717) is 13.0 Å². The lowest BCUT2D eigenvalue weighted by molar-refractivity contribution is -0.145. The fraction of sp³-hybridized carbons (Fsp3) is 0.182. The predicted octanol–water partition coefficient (Wildman–Crippen LogP) is 3.97. The van der Waals surface area contributed by atoms with E-state index in [1.54, 1.807) is 12.1 Å². The van der Waals surface area contributed by atoms with E-state index in [9.17, 15) is 14.0 Å². The highest BCUT2D eigenvalue weighted by Gasteiger charge is 2.08. The quantitative estimate of drug-likeness (QED) is 0.462. The maximum atomic E-state index is 12.8. The lowest BCUT2D eigenvalue weighted by atomic mass is 10.1. The molecule has 144 valence electrons. The zero-order valence-corrected chi connectivity index (χ0v) is 16.0. The van der Waals surface area contributed by atoms with Crippen molar-refractivity contribution >= 4 is 34.4 Å². The second kappa shape index (κ2) is 9.90. The molecule has 0 aliphatic heterocycles. The maximum absolute atomic E-state index is 12.8. The van der Waals surface area contributed by atoms with Crippen LogP contribution >= 0.6 is 11.8 Å². The van der Waals surface area contributed by atoms with E-state index in [0.717, 1.165) is 21.2 Å². The molecule has 0 heterocycles. The van der Waals surface area contributed by atoms with Crippen molar-refractivity contribution in [2.75, 3.05) is 18.9 Å². The number of fused-ring (bicyclic) bond motifs is 1. The molecule has 0 spiro atoms. The highest BCUT2D eigenvalue weighted by molar-refractivity contribution is 8.00. The van der Waals surface area contributed by atoms with Gasteiger partial charge in [-0.25, -0.2) is 4.39 Å². The first-order chi connectivity index (χ1) is 13.6. The number of nitrogens with one attached hydrogen (secondary N) is 1. The molecule has 0 aliphatic rings. The van der Waals surface area contributed by atoms with Crippen molar-refractivity contribution in [2.45, 2.75) is 11.3 Å². The van der Waals surface area contributed by atoms with Crippen LogP contribution in [0.25, 0.3) is 10.8 Å². The number of esters is 1. The Morgan fingerprint density at radius 3 is 2.50 bits per heavy atom. The van der Waals surface area contributed by atoms with Crippen molar-refractivity contribution in [1.82, 2.24) is 5.32 Å². The number of amides is 1. The summed E-state index contributed by atoms with van der Waals surface area (Å²) in [6.07, 6.45) is 0.581. The van der Waals surface area contributed by atoms with Gasteiger partial charge in [0.15, 0.2) is 6.61 Å². The van der Waals surface area contributed by atoms with Crippen molar-refractivity contribution in [3.8, 4) is 0 Å². The average molecular weight is 397 g/mol. The van der Waals surface area contributed by atoms with Crippen LogP contribution in [0.4, 0.5) is 4.39 Å². The number of rotatable bonds is 8. The number of halogens is 1. The molecule has 0 atom stereocenters. The minimum Gasteiger partial charge on any atom is -0.455 e. The molecule has 6 heteroatoms. The first-order valence-corrected chi connectivity index (χ1v) is 9.87. The Kier molecular flexibility index (Phi) is 7.03. The monoisotopic (exact) mass is 397 g/mol. The fourth-order valence-corrected chi connectivity index (χ4v) is 3.38. The van der Waals surface area contributed by atoms with E-state index < -0.39 is 5.97 Å². The number of carbonyl (C=O) groups is 2. The molecule has 3 rings (SSSR count). The van der Waals surface area contributed by atoms with E-state index in [2.05, 4.69) is 5.32 Å². The molecule has 0 aromatic heterocycles. The lowest BCUT2D eigenvalue weighted by Gasteiger charge is -2.07. The summed E-state index contributed by atoms with van der Waals surface area (Å²) in [5.74, 6) is -0.944. The zero-order valence-electron chi connectivity index (χ0n) is 15.2. The van der Waals surface area contributed by atoms with Crippen LogP contribution in [0.15, 0.2) is 71.6 Å². The van der Waals surface area contributed by atoms with Crippen LogP contribution in [0, 0.1) is 5.82 Å². The zero-order chi connectivity index (χ0) is 19.8. The molecule has 0 bridgehead atoms. The Balaban J connectivity index is 1.35. The number of hydrogen-bond donors (Lipinski definition) is 1. The van der Waals surface area contributed by atoms with Gasteiger partial charge in [0.2, 0.25) is 0 Å². The van der Waals surface area contributed by atoms with Gasteiger partial charge in [0.1, 0.15) is 5.82 Å². The summed E-state index contributed by atoms with van der Waals surface area (Å²) in [5, 5.41) is 4.94. The fourth-order valence-electron chi connectivity index (χ4n) is 2.64. The Labute approximate surface area is 167 Å². The second-order valence-electron chi connectivity index (χ2n) is 6.18. The number of ether oxygens (including phenoxy) is 1. The third-order valence-electron chi connectivity index (χ3n) is 4.09. The number of benzene rings is 3. The molecule has 28 heavy (non-hydrogen) atoms. The van der Waals surface area contributed by atoms with E-state index in [1.165, 1.54) is 23.9 Å². The molecular formula is C22H20FNO3S. The third-order valence-corrected chi connectivity index (χ3v) is 5.06. The number of carbonyl (C=O) groups excluding carboxylic acids is 2. The summed E-state index contributed by atoms with van der Waals surface area (Å²) in [6.45, 7) is 0.0917. The minimum atomic E-state index is -0.438. The van der Waals surface area contributed by atoms with Gasteiger partial charge in [-0.15, -0.1) is 11.8 Å². The lowest BCUT2D eigenvalue weighted by Crippen LogP contribution is -2.30. The molecule has 1 amide bonds. The molecule has 3 aromatic rings. The van der Waals surface area contributed by atoms with E-state index in [4.69, 9.17) is 4.74 Å². The Bertz CT molecular complexity index is 959. The molecule has 0 unspecified atom stereocenters. The van der Waals surface area contributed by atoms with Crippen LogP contribution in [-0.2, 0) is 20.7 Å². The van der Waals surface area contributed by atoms with Gasteiger partial charge in [0.25, 0.3) is 5.91 Å². The maximum Gasteiger partial charge on any atom is 0.316 e. The van der Waals surface area contributed by atoms with Gasteiger partial charge in [-0.3, -0.25) is 9.59 Å². The topological polar surface area (TPSA) is 55.4 Å². The minimum absolute atomic E-state index is 0.140. The van der Waals surface area contributed by atoms with Crippen molar-refractivity contribution in [2.24, 2.45) is 0 Å². The molecule has 4 nitrogen and oxygen atoms in total. The molecule has 0 aliphatic carbocycles. The van der Waals surface area contributed by atoms with Gasteiger partial charge in [-0.2, -0.15) is 0 Å². The number of thioether (sulfide) groups is 1. The average Bonchev–Trinajstić information content (AvgIpc) is 2.72. The van der Waals surface area contributed by atoms with Crippen LogP contribution in [0.2, 0.25) is 0 Å². The van der Waals surface area contributed by atoms with Crippen LogP contribution in [0.5, 0.6) is 0 Å². The molecule has 0 saturated carbocycles. The Morgan fingerprint density at radius 2 is 1.71 bits per heavy atom. The van der Waals surface area contributed by atoms with Gasteiger partial charge < -0.3 is 10.1 Å². The van der Waals surface area contributed by atoms with Crippen molar-refractivity contribution in [1.29, 1.82) is 0 Å². The van der Waals surface area contributed by atoms with E-state index >= 15 is 0 Å². The predicted molar refractivity (Wildman–Crippen MR) is 109 cm³/mol. The summed E-state index contributed by atoms with van der Waals surface area (Å²) in [7, 11) is 0. The van der Waals surface area contributed by atoms with Crippen molar-refractivity contribution in [3.63, 3.8) is 0 Å². The van der Waals surface area contributed by atoms with Crippen LogP contribution in [0.3, 0.4) is 0 Å². The summed E-state index contributed by atoms with van der Waals surface area (Å²) in [6, 6.07) is 20.1. The van der Waals surface area contributed by atoms with Crippen LogP contribution in [0.1, 0.15) is 5.56 Å². The van der Waals surface area contributed by atoms with Crippen molar-refractivity contribution < 1.29 is 18.7 Å². The normalized spacial score (nSPS) is 10.6. The third kappa shape index (κ3) is 6.09. The summed E-state index contributed by atoms with van der Waals surface area (Å²) in [4.78, 5) is 24.6. The molecule has 0 saturated heterocycles. The van der Waals surface area contributed by atoms with Gasteiger partial charge in [-0.1, -0.05) is 42.5 Å². The number of hydrogen-bond acceptors (Lipinski definition) is 4. The molecule has 1 N–H and O–H groups in total. The summed E-state index contributed by atoms with van der Waals surface area (Å²) in [5.41, 5.74) is 0.922. The van der Waals surface area contributed by atoms with E-state index in [1.807, 2.05) is 42.5 Å². The van der Waals surface area contributed by atoms with Gasteiger partial charge >= 0.3 is 5.97 Å². The van der Waals surface area contributed by atoms with Gasteiger partial charge in [0.05, 0.1) is 5.75 Å². The van der Waals surface area contributed by atoms with Crippen LogP contribution in [-0.4, -0.2) is 30.8 Å². The second-order valence-corrected chi connectivity index (χ2v) is 7.23. The van der Waals surface area contributed by atoms with E-state index in [-0.39, 0.29) is 24.1 Å². The summed E-state index contributed by atoms with van der Waals surface area (Å²) < 4.78 is 17.8. The first-order valence-electron chi connectivity index (χ1n) is 8.88. The van der Waals surface area contributed by atoms with Crippen molar-refractivity contribution in [3.05, 3.63) is 78.1 Å². The first kappa shape index (κ1) is 19.9. The Morgan fingerprint density at radius 1 is 0.964 bits per heavy atom. The SMILES string of the molecule is O=C(COC(=O)CSc1ccc2ccccc2c1)NCCc1ccc(F)cc1. The molecule has 0 radical (unpaired) electrons. The largest absolute Gasteiger partial charge is 0.455 e. The smallest absolute Gasteiger partial charge is 0.316 e. The highest BCUT2D eigenvalue weighted by atomic mass is 32.2. The Hall–Kier alpha value is -2.86. The molecule has 0 fully saturated rings. The standard InChI is InChI=1S/C22H20FNO3S/c23-19-8-5-16(6-9-19)11-12-24-21(25)14-27-22(26)15-28-20-10-7-17-3-1-2-4-18(17)13-20/h1-10,13H,11-12,14-15H2,(H,24,25). The highest BCUT2D eigenvalue weighted by Crippen LogP contribution is 2.23. The van der Waals surface area contributed by atoms with Gasteiger partial charge in [-0.05, 0) is 47.0 Å².